The molecule has 0 saturated carbocycles. The molecule has 7 nitrogen and oxygen atoms in total. The van der Waals surface area contributed by atoms with E-state index in [1.165, 1.54) is 23.8 Å². The number of nitrogens with one attached hydrogen (secondary N) is 1. The van der Waals surface area contributed by atoms with Crippen molar-refractivity contribution in [2.75, 3.05) is 5.32 Å². The van der Waals surface area contributed by atoms with Gasteiger partial charge in [0, 0.05) is 36.5 Å². The second-order valence-corrected chi connectivity index (χ2v) is 8.03. The molecule has 0 saturated heterocycles. The Kier molecular flexibility index (Phi) is 4.66. The number of rotatable bonds is 1. The van der Waals surface area contributed by atoms with Crippen molar-refractivity contribution in [3.05, 3.63) is 64.7 Å². The maximum Gasteiger partial charge on any atom is 0.322 e. The molecule has 0 radical (unpaired) electrons. The Morgan fingerprint density at radius 2 is 2.23 bits per heavy atom. The number of halogens is 1. The lowest BCUT2D eigenvalue weighted by Crippen LogP contribution is -2.44. The van der Waals surface area contributed by atoms with Gasteiger partial charge in [-0.3, -0.25) is 9.67 Å². The average Bonchev–Trinajstić information content (AvgIpc) is 3.00. The highest BCUT2D eigenvalue weighted by Gasteiger charge is 2.33. The molecule has 31 heavy (non-hydrogen) atoms. The van der Waals surface area contributed by atoms with Gasteiger partial charge in [-0.05, 0) is 49.6 Å². The number of aromatic nitrogens is 3. The van der Waals surface area contributed by atoms with Gasteiger partial charge in [-0.15, -0.1) is 0 Å². The number of hydrogen-bond acceptors (Lipinski definition) is 4. The molecule has 2 aliphatic rings. The zero-order valence-electron chi connectivity index (χ0n) is 17.1. The molecule has 3 aromatic rings. The maximum atomic E-state index is 13.6. The van der Waals surface area contributed by atoms with E-state index in [2.05, 4.69) is 16.4 Å². The minimum atomic E-state index is -0.606. The van der Waals surface area contributed by atoms with Crippen LogP contribution in [0.5, 0.6) is 0 Å². The number of hydrogen-bond donors (Lipinski definition) is 1. The third-order valence-corrected chi connectivity index (χ3v) is 6.01. The summed E-state index contributed by atoms with van der Waals surface area (Å²) in [5.41, 5.74) is 5.49. The minimum Gasteiger partial charge on any atom is -0.317 e. The summed E-state index contributed by atoms with van der Waals surface area (Å²) in [6.07, 6.45) is 4.40. The van der Waals surface area contributed by atoms with Gasteiger partial charge in [0.05, 0.1) is 29.2 Å². The number of anilines is 1. The summed E-state index contributed by atoms with van der Waals surface area (Å²) >= 11 is 0. The van der Waals surface area contributed by atoms with Gasteiger partial charge in [-0.1, -0.05) is 6.07 Å². The largest absolute Gasteiger partial charge is 0.322 e. The number of carbonyl (C=O) groups is 1. The number of carbonyl (C=O) groups excluding carboxylic acids is 1. The summed E-state index contributed by atoms with van der Waals surface area (Å²) in [5.74, 6) is -0.606. The van der Waals surface area contributed by atoms with Crippen LogP contribution in [0.3, 0.4) is 0 Å². The molecular formula is C23H21FN6O. The fourth-order valence-corrected chi connectivity index (χ4v) is 4.45. The second-order valence-electron chi connectivity index (χ2n) is 8.03. The monoisotopic (exact) mass is 416 g/mol. The third kappa shape index (κ3) is 3.32. The Bertz CT molecular complexity index is 1230. The van der Waals surface area contributed by atoms with Crippen LogP contribution >= 0.6 is 0 Å². The van der Waals surface area contributed by atoms with E-state index < -0.39 is 5.82 Å². The van der Waals surface area contributed by atoms with Crippen LogP contribution in [0.15, 0.2) is 36.5 Å². The van der Waals surface area contributed by atoms with Crippen molar-refractivity contribution >= 4 is 11.7 Å². The molecule has 1 atom stereocenters. The van der Waals surface area contributed by atoms with Crippen molar-refractivity contribution in [3.63, 3.8) is 0 Å². The number of pyridine rings is 1. The van der Waals surface area contributed by atoms with E-state index in [4.69, 9.17) is 10.4 Å². The number of amides is 2. The highest BCUT2D eigenvalue weighted by Crippen LogP contribution is 2.35. The molecule has 8 heteroatoms. The first-order valence-electron chi connectivity index (χ1n) is 10.3. The van der Waals surface area contributed by atoms with Gasteiger partial charge in [0.25, 0.3) is 0 Å². The van der Waals surface area contributed by atoms with E-state index in [0.717, 1.165) is 42.0 Å². The van der Waals surface area contributed by atoms with Gasteiger partial charge in [0.1, 0.15) is 11.9 Å². The minimum absolute atomic E-state index is 0.0503. The number of urea groups is 1. The Morgan fingerprint density at radius 1 is 1.35 bits per heavy atom. The van der Waals surface area contributed by atoms with Crippen molar-refractivity contribution in [3.8, 4) is 17.5 Å². The summed E-state index contributed by atoms with van der Waals surface area (Å²) in [6.45, 7) is 3.23. The molecule has 0 bridgehead atoms. The zero-order chi connectivity index (χ0) is 21.5. The van der Waals surface area contributed by atoms with E-state index >= 15 is 0 Å². The van der Waals surface area contributed by atoms with Crippen molar-refractivity contribution < 1.29 is 9.18 Å². The number of nitriles is 1. The van der Waals surface area contributed by atoms with Gasteiger partial charge < -0.3 is 10.2 Å². The molecule has 2 aliphatic heterocycles. The highest BCUT2D eigenvalue weighted by atomic mass is 19.1. The van der Waals surface area contributed by atoms with Crippen LogP contribution in [-0.2, 0) is 25.9 Å². The van der Waals surface area contributed by atoms with Gasteiger partial charge in [-0.25, -0.2) is 9.18 Å². The maximum absolute atomic E-state index is 13.6. The summed E-state index contributed by atoms with van der Waals surface area (Å²) < 4.78 is 15.6. The van der Waals surface area contributed by atoms with Gasteiger partial charge in [0.15, 0.2) is 0 Å². The molecule has 156 valence electrons. The fourth-order valence-electron chi connectivity index (χ4n) is 4.45. The first-order chi connectivity index (χ1) is 15.0. The van der Waals surface area contributed by atoms with E-state index in [9.17, 15) is 9.18 Å². The standard InChI is InChI=1S/C23H21FN6O/c1-14-10-20-18(22-21-15(4-2-8-26-21)5-3-9-30(22)28-20)13-29(14)23(31)27-17-6-7-19(24)16(11-17)12-25/h2,4,6-8,11,14H,3,5,9-10,13H2,1H3,(H,27,31)/t14-/m1/s1. The van der Waals surface area contributed by atoms with Crippen molar-refractivity contribution in [1.29, 1.82) is 5.26 Å². The first kappa shape index (κ1) is 19.2. The molecule has 0 fully saturated rings. The van der Waals surface area contributed by atoms with E-state index in [1.807, 2.05) is 17.7 Å². The topological polar surface area (TPSA) is 86.8 Å². The average molecular weight is 416 g/mol. The first-order valence-corrected chi connectivity index (χ1v) is 10.3. The molecule has 5 rings (SSSR count). The van der Waals surface area contributed by atoms with Crippen LogP contribution < -0.4 is 5.32 Å². The summed E-state index contributed by atoms with van der Waals surface area (Å²) in [5, 5.41) is 16.7. The Labute approximate surface area is 179 Å². The molecule has 2 amide bonds. The lowest BCUT2D eigenvalue weighted by atomic mass is 9.97. The Balaban J connectivity index is 1.47. The van der Waals surface area contributed by atoms with Crippen LogP contribution in [0, 0.1) is 17.1 Å². The second kappa shape index (κ2) is 7.51. The smallest absolute Gasteiger partial charge is 0.317 e. The van der Waals surface area contributed by atoms with E-state index in [1.54, 1.807) is 17.2 Å². The molecule has 4 heterocycles. The molecule has 0 spiro atoms. The van der Waals surface area contributed by atoms with Crippen molar-refractivity contribution in [1.82, 2.24) is 19.7 Å². The molecular weight excluding hydrogens is 395 g/mol. The van der Waals surface area contributed by atoms with Crippen LogP contribution in [0.1, 0.15) is 35.7 Å². The van der Waals surface area contributed by atoms with Gasteiger partial charge in [0.2, 0.25) is 0 Å². The van der Waals surface area contributed by atoms with Gasteiger partial charge in [-0.2, -0.15) is 10.4 Å². The number of benzene rings is 1. The van der Waals surface area contributed by atoms with E-state index in [0.29, 0.717) is 18.7 Å². The predicted octanol–water partition coefficient (Wildman–Crippen LogP) is 3.88. The summed E-state index contributed by atoms with van der Waals surface area (Å²) in [7, 11) is 0. The molecule has 2 aromatic heterocycles. The lowest BCUT2D eigenvalue weighted by molar-refractivity contribution is 0.182. The molecule has 1 aromatic carbocycles. The number of nitrogens with zero attached hydrogens (tertiary/aromatic N) is 5. The van der Waals surface area contributed by atoms with Crippen molar-refractivity contribution in [2.45, 2.75) is 45.3 Å². The zero-order valence-corrected chi connectivity index (χ0v) is 17.1. The SMILES string of the molecule is C[C@@H]1Cc2nn3c(c2CN1C(=O)Nc1ccc(F)c(C#N)c1)-c1ncccc1CCC3. The normalized spacial score (nSPS) is 17.1. The van der Waals surface area contributed by atoms with Crippen molar-refractivity contribution in [2.24, 2.45) is 0 Å². The number of aryl methyl sites for hydroxylation is 2. The van der Waals surface area contributed by atoms with Gasteiger partial charge >= 0.3 is 6.03 Å². The quantitative estimate of drug-likeness (QED) is 0.652. The highest BCUT2D eigenvalue weighted by molar-refractivity contribution is 5.90. The number of fused-ring (bicyclic) bond motifs is 5. The summed E-state index contributed by atoms with van der Waals surface area (Å²) in [6, 6.07) is 9.51. The Morgan fingerprint density at radius 3 is 3.06 bits per heavy atom. The van der Waals surface area contributed by atoms with Crippen LogP contribution in [0.4, 0.5) is 14.9 Å². The van der Waals surface area contributed by atoms with Crippen LogP contribution in [0.2, 0.25) is 0 Å². The summed E-state index contributed by atoms with van der Waals surface area (Å²) in [4.78, 5) is 19.5. The fraction of sp³-hybridized carbons (Fsp3) is 0.304. The molecule has 0 aliphatic carbocycles. The molecule has 1 N–H and O–H groups in total. The molecule has 0 unspecified atom stereocenters. The van der Waals surface area contributed by atoms with Crippen LogP contribution in [0.25, 0.3) is 11.4 Å². The predicted molar refractivity (Wildman–Crippen MR) is 113 cm³/mol. The lowest BCUT2D eigenvalue weighted by Gasteiger charge is -2.33. The van der Waals surface area contributed by atoms with E-state index in [-0.39, 0.29) is 17.6 Å². The third-order valence-electron chi connectivity index (χ3n) is 6.01. The Hall–Kier alpha value is -3.73. The van der Waals surface area contributed by atoms with Crippen LogP contribution in [-0.4, -0.2) is 31.7 Å².